The van der Waals surface area contributed by atoms with Crippen molar-refractivity contribution in [1.29, 1.82) is 0 Å². The van der Waals surface area contributed by atoms with E-state index in [-0.39, 0.29) is 0 Å². The second kappa shape index (κ2) is 8.77. The number of nitrogens with one attached hydrogen (secondary N) is 1. The highest BCUT2D eigenvalue weighted by Crippen LogP contribution is 2.27. The van der Waals surface area contributed by atoms with Gasteiger partial charge in [0.1, 0.15) is 0 Å². The molecule has 1 atom stereocenters. The molecule has 1 aromatic rings. The van der Waals surface area contributed by atoms with Crippen molar-refractivity contribution in [3.63, 3.8) is 0 Å². The molecule has 1 aromatic carbocycles. The molecule has 0 aliphatic carbocycles. The highest BCUT2D eigenvalue weighted by molar-refractivity contribution is 5.42. The maximum atomic E-state index is 5.50. The lowest BCUT2D eigenvalue weighted by molar-refractivity contribution is 0.164. The van der Waals surface area contributed by atoms with Crippen LogP contribution in [0.3, 0.4) is 0 Å². The molecule has 0 saturated heterocycles. The lowest BCUT2D eigenvalue weighted by atomic mass is 10.1. The Morgan fingerprint density at radius 1 is 1.16 bits per heavy atom. The van der Waals surface area contributed by atoms with Crippen LogP contribution in [0.1, 0.15) is 25.8 Å². The molecule has 0 radical (unpaired) electrons. The van der Waals surface area contributed by atoms with E-state index in [4.69, 9.17) is 14.2 Å². The Bertz CT molecular complexity index is 368. The first-order valence-corrected chi connectivity index (χ1v) is 6.77. The fraction of sp³-hybridized carbons (Fsp3) is 0.600. The minimum atomic E-state index is 0.377. The van der Waals surface area contributed by atoms with Crippen LogP contribution in [0.25, 0.3) is 0 Å². The van der Waals surface area contributed by atoms with Gasteiger partial charge in [0.2, 0.25) is 0 Å². The second-order valence-electron chi connectivity index (χ2n) is 4.36. The minimum absolute atomic E-state index is 0.377. The van der Waals surface area contributed by atoms with Crippen LogP contribution in [0.4, 0.5) is 0 Å². The van der Waals surface area contributed by atoms with Crippen LogP contribution in [0, 0.1) is 0 Å². The fourth-order valence-corrected chi connectivity index (χ4v) is 1.88. The quantitative estimate of drug-likeness (QED) is 0.746. The predicted molar refractivity (Wildman–Crippen MR) is 77.0 cm³/mol. The largest absolute Gasteiger partial charge is 0.493 e. The van der Waals surface area contributed by atoms with Crippen LogP contribution in [-0.2, 0) is 11.3 Å². The molecular weight excluding hydrogens is 242 g/mol. The Kier molecular flexibility index (Phi) is 7.30. The van der Waals surface area contributed by atoms with Gasteiger partial charge in [-0.25, -0.2) is 0 Å². The van der Waals surface area contributed by atoms with Gasteiger partial charge in [-0.2, -0.15) is 0 Å². The summed E-state index contributed by atoms with van der Waals surface area (Å²) in [4.78, 5) is 0. The van der Waals surface area contributed by atoms with E-state index in [1.165, 1.54) is 5.56 Å². The molecule has 108 valence electrons. The van der Waals surface area contributed by atoms with Gasteiger partial charge >= 0.3 is 0 Å². The van der Waals surface area contributed by atoms with Gasteiger partial charge in [-0.05, 0) is 31.0 Å². The SMILES string of the molecule is CCOc1ccc(CNC(CC)COC)cc1OC. The molecule has 0 aromatic heterocycles. The highest BCUT2D eigenvalue weighted by Gasteiger charge is 2.08. The van der Waals surface area contributed by atoms with Crippen molar-refractivity contribution in [3.8, 4) is 11.5 Å². The summed E-state index contributed by atoms with van der Waals surface area (Å²) in [5, 5.41) is 3.47. The van der Waals surface area contributed by atoms with Gasteiger partial charge in [0, 0.05) is 19.7 Å². The summed E-state index contributed by atoms with van der Waals surface area (Å²) in [6, 6.07) is 6.40. The van der Waals surface area contributed by atoms with Gasteiger partial charge in [-0.1, -0.05) is 13.0 Å². The third-order valence-electron chi connectivity index (χ3n) is 2.98. The van der Waals surface area contributed by atoms with Crippen molar-refractivity contribution in [2.24, 2.45) is 0 Å². The topological polar surface area (TPSA) is 39.7 Å². The summed E-state index contributed by atoms with van der Waals surface area (Å²) >= 11 is 0. The van der Waals surface area contributed by atoms with Gasteiger partial charge in [0.15, 0.2) is 11.5 Å². The van der Waals surface area contributed by atoms with E-state index in [1.807, 2.05) is 19.1 Å². The average Bonchev–Trinajstić information content (AvgIpc) is 2.44. The Hall–Kier alpha value is -1.26. The highest BCUT2D eigenvalue weighted by atomic mass is 16.5. The molecule has 0 bridgehead atoms. The number of methoxy groups -OCH3 is 2. The lowest BCUT2D eigenvalue weighted by Gasteiger charge is -2.17. The predicted octanol–water partition coefficient (Wildman–Crippen LogP) is 2.61. The first-order valence-electron chi connectivity index (χ1n) is 6.77. The maximum absolute atomic E-state index is 5.50. The van der Waals surface area contributed by atoms with E-state index in [1.54, 1.807) is 14.2 Å². The van der Waals surface area contributed by atoms with E-state index < -0.39 is 0 Å². The third kappa shape index (κ3) is 5.09. The summed E-state index contributed by atoms with van der Waals surface area (Å²) in [6.45, 7) is 6.27. The van der Waals surface area contributed by atoms with Gasteiger partial charge in [0.25, 0.3) is 0 Å². The van der Waals surface area contributed by atoms with Crippen molar-refractivity contribution in [2.45, 2.75) is 32.9 Å². The third-order valence-corrected chi connectivity index (χ3v) is 2.98. The standard InChI is InChI=1S/C15H25NO3/c1-5-13(11-17-3)16-10-12-7-8-14(19-6-2)15(9-12)18-4/h7-9,13,16H,5-6,10-11H2,1-4H3. The van der Waals surface area contributed by atoms with Gasteiger partial charge in [-0.3, -0.25) is 0 Å². The smallest absolute Gasteiger partial charge is 0.161 e. The fourth-order valence-electron chi connectivity index (χ4n) is 1.88. The molecular formula is C15H25NO3. The zero-order chi connectivity index (χ0) is 14.1. The summed E-state index contributed by atoms with van der Waals surface area (Å²) in [6.07, 6.45) is 1.04. The molecule has 4 heteroatoms. The monoisotopic (exact) mass is 267 g/mol. The molecule has 1 unspecified atom stereocenters. The average molecular weight is 267 g/mol. The van der Waals surface area contributed by atoms with E-state index in [0.717, 1.165) is 31.1 Å². The van der Waals surface area contributed by atoms with Gasteiger partial charge < -0.3 is 19.5 Å². The summed E-state index contributed by atoms with van der Waals surface area (Å²) in [5.74, 6) is 1.57. The molecule has 0 spiro atoms. The summed E-state index contributed by atoms with van der Waals surface area (Å²) in [5.41, 5.74) is 1.18. The number of hydrogen-bond acceptors (Lipinski definition) is 4. The molecule has 0 amide bonds. The van der Waals surface area contributed by atoms with Crippen molar-refractivity contribution < 1.29 is 14.2 Å². The van der Waals surface area contributed by atoms with Crippen LogP contribution >= 0.6 is 0 Å². The molecule has 4 nitrogen and oxygen atoms in total. The summed E-state index contributed by atoms with van der Waals surface area (Å²) < 4.78 is 16.0. The zero-order valence-corrected chi connectivity index (χ0v) is 12.4. The van der Waals surface area contributed by atoms with Crippen LogP contribution in [0.2, 0.25) is 0 Å². The minimum Gasteiger partial charge on any atom is -0.493 e. The molecule has 0 aliphatic heterocycles. The summed E-state index contributed by atoms with van der Waals surface area (Å²) in [7, 11) is 3.39. The Morgan fingerprint density at radius 2 is 1.95 bits per heavy atom. The number of rotatable bonds is 9. The van der Waals surface area contributed by atoms with Crippen LogP contribution in [0.15, 0.2) is 18.2 Å². The van der Waals surface area contributed by atoms with Crippen molar-refractivity contribution in [1.82, 2.24) is 5.32 Å². The first-order chi connectivity index (χ1) is 9.24. The van der Waals surface area contributed by atoms with E-state index in [9.17, 15) is 0 Å². The molecule has 0 fully saturated rings. The normalized spacial score (nSPS) is 12.2. The van der Waals surface area contributed by atoms with E-state index >= 15 is 0 Å². The molecule has 0 heterocycles. The van der Waals surface area contributed by atoms with Gasteiger partial charge in [-0.15, -0.1) is 0 Å². The van der Waals surface area contributed by atoms with Crippen molar-refractivity contribution in [2.75, 3.05) is 27.4 Å². The van der Waals surface area contributed by atoms with Crippen LogP contribution < -0.4 is 14.8 Å². The van der Waals surface area contributed by atoms with Crippen LogP contribution in [-0.4, -0.2) is 33.5 Å². The maximum Gasteiger partial charge on any atom is 0.161 e. The Balaban J connectivity index is 2.63. The molecule has 1 N–H and O–H groups in total. The lowest BCUT2D eigenvalue weighted by Crippen LogP contribution is -2.31. The van der Waals surface area contributed by atoms with E-state index in [0.29, 0.717) is 12.6 Å². The van der Waals surface area contributed by atoms with Crippen molar-refractivity contribution in [3.05, 3.63) is 23.8 Å². The van der Waals surface area contributed by atoms with Crippen molar-refractivity contribution >= 4 is 0 Å². The number of ether oxygens (including phenoxy) is 3. The molecule has 0 saturated carbocycles. The molecule has 0 aliphatic rings. The Morgan fingerprint density at radius 3 is 2.53 bits per heavy atom. The number of hydrogen-bond donors (Lipinski definition) is 1. The van der Waals surface area contributed by atoms with E-state index in [2.05, 4.69) is 18.3 Å². The number of benzene rings is 1. The second-order valence-corrected chi connectivity index (χ2v) is 4.36. The Labute approximate surface area is 116 Å². The first kappa shape index (κ1) is 15.8. The zero-order valence-electron chi connectivity index (χ0n) is 12.4. The molecule has 19 heavy (non-hydrogen) atoms. The molecule has 1 rings (SSSR count). The van der Waals surface area contributed by atoms with Gasteiger partial charge in [0.05, 0.1) is 20.3 Å². The van der Waals surface area contributed by atoms with Crippen LogP contribution in [0.5, 0.6) is 11.5 Å².